The molecular weight excluding hydrogens is 294 g/mol. The Labute approximate surface area is 137 Å². The molecule has 0 spiro atoms. The summed E-state index contributed by atoms with van der Waals surface area (Å²) in [5.41, 5.74) is 0. The lowest BCUT2D eigenvalue weighted by molar-refractivity contribution is -0.123. The second kappa shape index (κ2) is 7.88. The largest absolute Gasteiger partial charge is 0.354 e. The first-order chi connectivity index (χ1) is 11.2. The fourth-order valence-corrected chi connectivity index (χ4v) is 3.44. The minimum atomic E-state index is 0.0153. The maximum absolute atomic E-state index is 12.1. The number of nitrogens with zero attached hydrogens (tertiary/aromatic N) is 3. The summed E-state index contributed by atoms with van der Waals surface area (Å²) in [6.45, 7) is 6.51. The fraction of sp³-hybridized carbons (Fsp3) is 0.812. The zero-order valence-electron chi connectivity index (χ0n) is 13.9. The SMILES string of the molecule is CCc1nc(CN2CCCC(CNC(=O)C3CCCN3)C2)no1. The quantitative estimate of drug-likeness (QED) is 0.803. The standard InChI is InChI=1S/C16H27N5O2/c1-2-15-19-14(20-23-15)11-21-8-4-5-12(10-21)9-18-16(22)13-6-3-7-17-13/h12-13,17H,2-11H2,1H3,(H,18,22). The number of hydrogen-bond donors (Lipinski definition) is 2. The summed E-state index contributed by atoms with van der Waals surface area (Å²) in [5, 5.41) is 10.4. The second-order valence-electron chi connectivity index (χ2n) is 6.60. The van der Waals surface area contributed by atoms with Gasteiger partial charge in [0.25, 0.3) is 0 Å². The number of amides is 1. The molecule has 0 bridgehead atoms. The third-order valence-corrected chi connectivity index (χ3v) is 4.72. The Balaban J connectivity index is 1.43. The average Bonchev–Trinajstić information content (AvgIpc) is 3.24. The lowest BCUT2D eigenvalue weighted by Gasteiger charge is -2.32. The Morgan fingerprint density at radius 1 is 1.43 bits per heavy atom. The Kier molecular flexibility index (Phi) is 5.61. The highest BCUT2D eigenvalue weighted by Crippen LogP contribution is 2.17. The van der Waals surface area contributed by atoms with Crippen LogP contribution in [0, 0.1) is 5.92 Å². The lowest BCUT2D eigenvalue weighted by Crippen LogP contribution is -2.45. The Morgan fingerprint density at radius 3 is 3.09 bits per heavy atom. The summed E-state index contributed by atoms with van der Waals surface area (Å²) >= 11 is 0. The molecule has 2 aliphatic rings. The highest BCUT2D eigenvalue weighted by atomic mass is 16.5. The van der Waals surface area contributed by atoms with Gasteiger partial charge in [-0.15, -0.1) is 0 Å². The molecule has 23 heavy (non-hydrogen) atoms. The van der Waals surface area contributed by atoms with Crippen molar-refractivity contribution in [1.82, 2.24) is 25.7 Å². The van der Waals surface area contributed by atoms with Crippen molar-refractivity contribution in [3.8, 4) is 0 Å². The zero-order chi connectivity index (χ0) is 16.1. The van der Waals surface area contributed by atoms with Crippen LogP contribution in [-0.2, 0) is 17.8 Å². The van der Waals surface area contributed by atoms with E-state index in [2.05, 4.69) is 25.7 Å². The van der Waals surface area contributed by atoms with Crippen LogP contribution in [-0.4, -0.2) is 53.2 Å². The topological polar surface area (TPSA) is 83.3 Å². The molecule has 7 heteroatoms. The third-order valence-electron chi connectivity index (χ3n) is 4.72. The van der Waals surface area contributed by atoms with Crippen LogP contribution in [0.4, 0.5) is 0 Å². The van der Waals surface area contributed by atoms with Crippen LogP contribution in [0.15, 0.2) is 4.52 Å². The van der Waals surface area contributed by atoms with Gasteiger partial charge in [0.2, 0.25) is 11.8 Å². The van der Waals surface area contributed by atoms with E-state index < -0.39 is 0 Å². The molecule has 2 aliphatic heterocycles. The fourth-order valence-electron chi connectivity index (χ4n) is 3.44. The third kappa shape index (κ3) is 4.51. The summed E-state index contributed by atoms with van der Waals surface area (Å²) in [7, 11) is 0. The van der Waals surface area contributed by atoms with Crippen molar-refractivity contribution in [2.24, 2.45) is 5.92 Å². The van der Waals surface area contributed by atoms with Crippen LogP contribution in [0.25, 0.3) is 0 Å². The minimum Gasteiger partial charge on any atom is -0.354 e. The molecule has 2 atom stereocenters. The van der Waals surface area contributed by atoms with E-state index in [9.17, 15) is 4.79 Å². The molecule has 1 aromatic heterocycles. The molecule has 1 amide bonds. The molecule has 0 saturated carbocycles. The van der Waals surface area contributed by atoms with Crippen molar-refractivity contribution in [3.63, 3.8) is 0 Å². The number of piperidine rings is 1. The molecule has 7 nitrogen and oxygen atoms in total. The van der Waals surface area contributed by atoms with Gasteiger partial charge in [-0.3, -0.25) is 9.69 Å². The number of likely N-dealkylation sites (tertiary alicyclic amines) is 1. The Morgan fingerprint density at radius 2 is 2.35 bits per heavy atom. The van der Waals surface area contributed by atoms with Gasteiger partial charge in [-0.2, -0.15) is 4.98 Å². The predicted molar refractivity (Wildman–Crippen MR) is 85.7 cm³/mol. The number of rotatable bonds is 6. The van der Waals surface area contributed by atoms with Crippen LogP contribution in [0.1, 0.15) is 44.3 Å². The van der Waals surface area contributed by atoms with Crippen molar-refractivity contribution < 1.29 is 9.32 Å². The second-order valence-corrected chi connectivity index (χ2v) is 6.60. The zero-order valence-corrected chi connectivity index (χ0v) is 13.9. The first kappa shape index (κ1) is 16.4. The van der Waals surface area contributed by atoms with Gasteiger partial charge in [-0.25, -0.2) is 0 Å². The van der Waals surface area contributed by atoms with E-state index in [1.54, 1.807) is 0 Å². The molecule has 3 rings (SSSR count). The minimum absolute atomic E-state index is 0.0153. The normalized spacial score (nSPS) is 25.6. The highest BCUT2D eigenvalue weighted by molar-refractivity contribution is 5.81. The van der Waals surface area contributed by atoms with Gasteiger partial charge >= 0.3 is 0 Å². The van der Waals surface area contributed by atoms with Crippen molar-refractivity contribution in [2.45, 2.75) is 51.6 Å². The van der Waals surface area contributed by atoms with Crippen molar-refractivity contribution in [3.05, 3.63) is 11.7 Å². The Hall–Kier alpha value is -1.47. The van der Waals surface area contributed by atoms with E-state index in [-0.39, 0.29) is 11.9 Å². The van der Waals surface area contributed by atoms with E-state index in [0.717, 1.165) is 64.2 Å². The van der Waals surface area contributed by atoms with Crippen molar-refractivity contribution in [1.29, 1.82) is 0 Å². The smallest absolute Gasteiger partial charge is 0.237 e. The molecule has 128 valence electrons. The summed E-state index contributed by atoms with van der Waals surface area (Å²) < 4.78 is 5.17. The van der Waals surface area contributed by atoms with E-state index in [0.29, 0.717) is 11.8 Å². The van der Waals surface area contributed by atoms with E-state index in [4.69, 9.17) is 4.52 Å². The Bertz CT molecular complexity index is 512. The number of nitrogens with one attached hydrogen (secondary N) is 2. The van der Waals surface area contributed by atoms with Gasteiger partial charge in [-0.1, -0.05) is 12.1 Å². The van der Waals surface area contributed by atoms with Crippen LogP contribution in [0.5, 0.6) is 0 Å². The summed E-state index contributed by atoms with van der Waals surface area (Å²) in [6, 6.07) is 0.0153. The van der Waals surface area contributed by atoms with E-state index in [1.807, 2.05) is 6.92 Å². The molecule has 0 radical (unpaired) electrons. The molecule has 2 N–H and O–H groups in total. The van der Waals surface area contributed by atoms with Crippen LogP contribution in [0.2, 0.25) is 0 Å². The van der Waals surface area contributed by atoms with E-state index in [1.165, 1.54) is 6.42 Å². The van der Waals surface area contributed by atoms with E-state index >= 15 is 0 Å². The summed E-state index contributed by atoms with van der Waals surface area (Å²) in [4.78, 5) is 18.8. The van der Waals surface area contributed by atoms with Gasteiger partial charge in [0.1, 0.15) is 0 Å². The maximum atomic E-state index is 12.1. The maximum Gasteiger partial charge on any atom is 0.237 e. The average molecular weight is 321 g/mol. The number of hydrogen-bond acceptors (Lipinski definition) is 6. The van der Waals surface area contributed by atoms with Gasteiger partial charge in [0.15, 0.2) is 5.82 Å². The first-order valence-electron chi connectivity index (χ1n) is 8.79. The molecule has 0 aliphatic carbocycles. The van der Waals surface area contributed by atoms with Gasteiger partial charge < -0.3 is 15.2 Å². The molecule has 2 fully saturated rings. The number of carbonyl (C=O) groups excluding carboxylic acids is 1. The van der Waals surface area contributed by atoms with Crippen LogP contribution >= 0.6 is 0 Å². The molecular formula is C16H27N5O2. The number of carbonyl (C=O) groups is 1. The van der Waals surface area contributed by atoms with Gasteiger partial charge in [0.05, 0.1) is 12.6 Å². The molecule has 2 unspecified atom stereocenters. The lowest BCUT2D eigenvalue weighted by atomic mass is 9.98. The van der Waals surface area contributed by atoms with Crippen LogP contribution in [0.3, 0.4) is 0 Å². The summed E-state index contributed by atoms with van der Waals surface area (Å²) in [6.07, 6.45) is 5.15. The summed E-state index contributed by atoms with van der Waals surface area (Å²) in [5.74, 6) is 2.13. The monoisotopic (exact) mass is 321 g/mol. The molecule has 2 saturated heterocycles. The van der Waals surface area contributed by atoms with Crippen LogP contribution < -0.4 is 10.6 Å². The molecule has 1 aromatic rings. The molecule has 0 aromatic carbocycles. The number of aromatic nitrogens is 2. The highest BCUT2D eigenvalue weighted by Gasteiger charge is 2.25. The molecule has 3 heterocycles. The van der Waals surface area contributed by atoms with Gasteiger partial charge in [-0.05, 0) is 44.7 Å². The predicted octanol–water partition coefficient (Wildman–Crippen LogP) is 0.712. The first-order valence-corrected chi connectivity index (χ1v) is 8.79. The number of aryl methyl sites for hydroxylation is 1. The van der Waals surface area contributed by atoms with Crippen molar-refractivity contribution >= 4 is 5.91 Å². The van der Waals surface area contributed by atoms with Gasteiger partial charge in [0, 0.05) is 19.5 Å². The van der Waals surface area contributed by atoms with Crippen molar-refractivity contribution in [2.75, 3.05) is 26.2 Å².